The van der Waals surface area contributed by atoms with Crippen LogP contribution in [0.4, 0.5) is 0 Å². The van der Waals surface area contributed by atoms with Crippen LogP contribution in [-0.4, -0.2) is 47.1 Å². The predicted molar refractivity (Wildman–Crippen MR) is 93.9 cm³/mol. The minimum atomic E-state index is -0.795. The summed E-state index contributed by atoms with van der Waals surface area (Å²) in [4.78, 5) is 25.5. The third kappa shape index (κ3) is 4.81. The Bertz CT molecular complexity index is 541. The molecule has 0 spiro atoms. The van der Waals surface area contributed by atoms with Gasteiger partial charge in [-0.3, -0.25) is 14.5 Å². The number of aliphatic carboxylic acids is 1. The summed E-state index contributed by atoms with van der Waals surface area (Å²) in [6.45, 7) is 4.86. The molecule has 0 heterocycles. The lowest BCUT2D eigenvalue weighted by atomic mass is 9.84. The van der Waals surface area contributed by atoms with Gasteiger partial charge in [-0.1, -0.05) is 50.6 Å². The van der Waals surface area contributed by atoms with Crippen molar-refractivity contribution in [3.8, 4) is 0 Å². The Labute approximate surface area is 144 Å². The Morgan fingerprint density at radius 1 is 1.25 bits per heavy atom. The highest BCUT2D eigenvalue weighted by Crippen LogP contribution is 2.28. The number of amides is 1. The van der Waals surface area contributed by atoms with Gasteiger partial charge in [0.1, 0.15) is 0 Å². The molecule has 1 aliphatic rings. The number of nitrogens with one attached hydrogen (secondary N) is 1. The molecule has 24 heavy (non-hydrogen) atoms. The van der Waals surface area contributed by atoms with E-state index < -0.39 is 5.97 Å². The molecule has 5 heteroatoms. The molecule has 1 aromatic carbocycles. The van der Waals surface area contributed by atoms with Crippen LogP contribution in [-0.2, 0) is 9.59 Å². The van der Waals surface area contributed by atoms with Gasteiger partial charge in [0.15, 0.2) is 0 Å². The zero-order valence-electron chi connectivity index (χ0n) is 14.6. The van der Waals surface area contributed by atoms with Gasteiger partial charge in [0.2, 0.25) is 5.91 Å². The van der Waals surface area contributed by atoms with E-state index in [1.54, 1.807) is 0 Å². The van der Waals surface area contributed by atoms with Crippen LogP contribution in [0.5, 0.6) is 0 Å². The average Bonchev–Trinajstić information content (AvgIpc) is 2.54. The Morgan fingerprint density at radius 3 is 2.46 bits per heavy atom. The van der Waals surface area contributed by atoms with Gasteiger partial charge in [0, 0.05) is 12.1 Å². The van der Waals surface area contributed by atoms with Crippen molar-refractivity contribution in [2.24, 2.45) is 0 Å². The summed E-state index contributed by atoms with van der Waals surface area (Å²) in [6, 6.07) is 10.3. The summed E-state index contributed by atoms with van der Waals surface area (Å²) >= 11 is 0. The van der Waals surface area contributed by atoms with Gasteiger partial charge >= 0.3 is 5.97 Å². The van der Waals surface area contributed by atoms with Crippen molar-refractivity contribution < 1.29 is 14.7 Å². The summed E-state index contributed by atoms with van der Waals surface area (Å²) in [6.07, 6.45) is 3.47. The fourth-order valence-electron chi connectivity index (χ4n) is 3.40. The van der Waals surface area contributed by atoms with Crippen molar-refractivity contribution in [3.63, 3.8) is 0 Å². The number of carbonyl (C=O) groups excluding carboxylic acids is 1. The van der Waals surface area contributed by atoms with Crippen LogP contribution >= 0.6 is 0 Å². The lowest BCUT2D eigenvalue weighted by Gasteiger charge is -2.42. The Morgan fingerprint density at radius 2 is 1.92 bits per heavy atom. The highest BCUT2D eigenvalue weighted by atomic mass is 16.4. The van der Waals surface area contributed by atoms with Gasteiger partial charge in [-0.05, 0) is 31.4 Å². The van der Waals surface area contributed by atoms with Crippen LogP contribution in [0.2, 0.25) is 0 Å². The van der Waals surface area contributed by atoms with Gasteiger partial charge in [-0.2, -0.15) is 0 Å². The summed E-state index contributed by atoms with van der Waals surface area (Å²) in [7, 11) is 0. The first-order chi connectivity index (χ1) is 11.5. The molecule has 5 nitrogen and oxygen atoms in total. The molecule has 1 amide bonds. The molecule has 1 unspecified atom stereocenters. The first-order valence-electron chi connectivity index (χ1n) is 8.86. The van der Waals surface area contributed by atoms with Gasteiger partial charge in [0.25, 0.3) is 0 Å². The number of hydrogen-bond acceptors (Lipinski definition) is 3. The Kier molecular flexibility index (Phi) is 6.79. The van der Waals surface area contributed by atoms with E-state index in [9.17, 15) is 9.59 Å². The topological polar surface area (TPSA) is 69.6 Å². The SMILES string of the molecule is CCCC(C(=O)NC1CC(N(CC)CC(=O)O)C1)c1ccccc1. The highest BCUT2D eigenvalue weighted by Gasteiger charge is 2.35. The molecule has 0 radical (unpaired) electrons. The molecule has 1 aromatic rings. The molecule has 0 aliphatic heterocycles. The van der Waals surface area contributed by atoms with Crippen molar-refractivity contribution in [1.82, 2.24) is 10.2 Å². The normalized spacial score (nSPS) is 21.1. The van der Waals surface area contributed by atoms with Crippen LogP contribution in [0.25, 0.3) is 0 Å². The zero-order chi connectivity index (χ0) is 17.5. The molecule has 1 aliphatic carbocycles. The van der Waals surface area contributed by atoms with Crippen molar-refractivity contribution in [3.05, 3.63) is 35.9 Å². The van der Waals surface area contributed by atoms with E-state index in [0.29, 0.717) is 0 Å². The van der Waals surface area contributed by atoms with Crippen LogP contribution < -0.4 is 5.32 Å². The van der Waals surface area contributed by atoms with Crippen LogP contribution in [0.15, 0.2) is 30.3 Å². The molecule has 0 bridgehead atoms. The van der Waals surface area contributed by atoms with Gasteiger partial charge in [-0.15, -0.1) is 0 Å². The highest BCUT2D eigenvalue weighted by molar-refractivity contribution is 5.84. The summed E-state index contributed by atoms with van der Waals surface area (Å²) in [5.74, 6) is -0.805. The molecule has 1 saturated carbocycles. The van der Waals surface area contributed by atoms with E-state index in [0.717, 1.165) is 37.8 Å². The average molecular weight is 332 g/mol. The van der Waals surface area contributed by atoms with Crippen molar-refractivity contribution >= 4 is 11.9 Å². The van der Waals surface area contributed by atoms with E-state index in [4.69, 9.17) is 5.11 Å². The lowest BCUT2D eigenvalue weighted by molar-refractivity contribution is -0.139. The van der Waals surface area contributed by atoms with Crippen molar-refractivity contribution in [2.75, 3.05) is 13.1 Å². The van der Waals surface area contributed by atoms with E-state index in [-0.39, 0.29) is 30.5 Å². The number of rotatable bonds is 9. The molecule has 1 atom stereocenters. The standard InChI is InChI=1S/C19H28N2O3/c1-3-8-17(14-9-6-5-7-10-14)19(24)20-15-11-16(12-15)21(4-2)13-18(22)23/h5-7,9-10,15-17H,3-4,8,11-13H2,1-2H3,(H,20,24)(H,22,23). The van der Waals surface area contributed by atoms with Crippen LogP contribution in [0.1, 0.15) is 51.0 Å². The monoisotopic (exact) mass is 332 g/mol. The number of hydrogen-bond donors (Lipinski definition) is 2. The molecule has 0 aromatic heterocycles. The van der Waals surface area contributed by atoms with E-state index in [1.807, 2.05) is 42.2 Å². The van der Waals surface area contributed by atoms with E-state index in [1.165, 1.54) is 0 Å². The minimum absolute atomic E-state index is 0.0737. The number of nitrogens with zero attached hydrogens (tertiary/aromatic N) is 1. The smallest absolute Gasteiger partial charge is 0.317 e. The van der Waals surface area contributed by atoms with Gasteiger partial charge in [-0.25, -0.2) is 0 Å². The summed E-state index contributed by atoms with van der Waals surface area (Å²) in [5.41, 5.74) is 1.06. The minimum Gasteiger partial charge on any atom is -0.480 e. The number of likely N-dealkylation sites (N-methyl/N-ethyl adjacent to an activating group) is 1. The second-order valence-corrected chi connectivity index (χ2v) is 6.54. The second kappa shape index (κ2) is 8.83. The van der Waals surface area contributed by atoms with E-state index in [2.05, 4.69) is 12.2 Å². The Balaban J connectivity index is 1.87. The largest absolute Gasteiger partial charge is 0.480 e. The molecule has 1 fully saturated rings. The molecule has 2 rings (SSSR count). The summed E-state index contributed by atoms with van der Waals surface area (Å²) < 4.78 is 0. The molecule has 2 N–H and O–H groups in total. The summed E-state index contributed by atoms with van der Waals surface area (Å²) in [5, 5.41) is 12.1. The van der Waals surface area contributed by atoms with Gasteiger partial charge in [0.05, 0.1) is 12.5 Å². The molecular weight excluding hydrogens is 304 g/mol. The molecular formula is C19H28N2O3. The van der Waals surface area contributed by atoms with Crippen molar-refractivity contribution in [1.29, 1.82) is 0 Å². The lowest BCUT2D eigenvalue weighted by Crippen LogP contribution is -2.55. The maximum Gasteiger partial charge on any atom is 0.317 e. The third-order valence-electron chi connectivity index (χ3n) is 4.82. The van der Waals surface area contributed by atoms with Crippen LogP contribution in [0.3, 0.4) is 0 Å². The molecule has 132 valence electrons. The second-order valence-electron chi connectivity index (χ2n) is 6.54. The quantitative estimate of drug-likeness (QED) is 0.729. The first-order valence-corrected chi connectivity index (χ1v) is 8.86. The predicted octanol–water partition coefficient (Wildman–Crippen LogP) is 2.62. The van der Waals surface area contributed by atoms with Crippen LogP contribution in [0, 0.1) is 0 Å². The van der Waals surface area contributed by atoms with Gasteiger partial charge < -0.3 is 10.4 Å². The number of benzene rings is 1. The zero-order valence-corrected chi connectivity index (χ0v) is 14.6. The maximum absolute atomic E-state index is 12.6. The fourth-order valence-corrected chi connectivity index (χ4v) is 3.40. The number of carboxylic acids is 1. The number of carboxylic acid groups (broad SMARTS) is 1. The fraction of sp³-hybridized carbons (Fsp3) is 0.579. The van der Waals surface area contributed by atoms with Crippen molar-refractivity contribution in [2.45, 2.75) is 57.5 Å². The van der Waals surface area contributed by atoms with E-state index >= 15 is 0 Å². The molecule has 0 saturated heterocycles. The third-order valence-corrected chi connectivity index (χ3v) is 4.82. The maximum atomic E-state index is 12.6. The first kappa shape index (κ1) is 18.5. The number of carbonyl (C=O) groups is 2. The Hall–Kier alpha value is -1.88.